The van der Waals surface area contributed by atoms with Crippen LogP contribution in [-0.4, -0.2) is 11.1 Å². The molecule has 3 rings (SSSR count). The van der Waals surface area contributed by atoms with E-state index in [1.807, 2.05) is 0 Å². The first-order chi connectivity index (χ1) is 7.68. The molecule has 0 saturated carbocycles. The highest BCUT2D eigenvalue weighted by Crippen LogP contribution is 2.35. The lowest BCUT2D eigenvalue weighted by Gasteiger charge is -2.17. The van der Waals surface area contributed by atoms with Crippen LogP contribution in [0.5, 0.6) is 0 Å². The number of aryl methyl sites for hydroxylation is 2. The molecule has 2 heterocycles. The maximum atomic E-state index is 3.75. The summed E-state index contributed by atoms with van der Waals surface area (Å²) in [5.41, 5.74) is 5.47. The summed E-state index contributed by atoms with van der Waals surface area (Å²) in [6.07, 6.45) is 0. The molecular weight excluding hydrogens is 264 g/mol. The first-order valence-corrected chi connectivity index (χ1v) is 6.46. The molecule has 0 radical (unpaired) electrons. The van der Waals surface area contributed by atoms with Gasteiger partial charge in [0.15, 0.2) is 0 Å². The summed E-state index contributed by atoms with van der Waals surface area (Å²) in [6.45, 7) is 7.46. The first kappa shape index (κ1) is 10.4. The molecule has 0 fully saturated rings. The summed E-state index contributed by atoms with van der Waals surface area (Å²) in [5.74, 6) is 0. The van der Waals surface area contributed by atoms with Crippen molar-refractivity contribution in [3.8, 4) is 0 Å². The van der Waals surface area contributed by atoms with E-state index in [0.29, 0.717) is 0 Å². The molecule has 1 aliphatic rings. The van der Waals surface area contributed by atoms with E-state index >= 15 is 0 Å². The van der Waals surface area contributed by atoms with E-state index in [1.165, 1.54) is 32.2 Å². The second kappa shape index (κ2) is 3.60. The summed E-state index contributed by atoms with van der Waals surface area (Å²) in [7, 11) is 0. The highest BCUT2D eigenvalue weighted by Gasteiger charge is 2.19. The van der Waals surface area contributed by atoms with Gasteiger partial charge in [0.05, 0.1) is 5.52 Å². The van der Waals surface area contributed by atoms with Gasteiger partial charge in [0.2, 0.25) is 0 Å². The van der Waals surface area contributed by atoms with E-state index < -0.39 is 0 Å². The molecule has 1 aliphatic heterocycles. The van der Waals surface area contributed by atoms with Crippen LogP contribution in [0, 0.1) is 13.8 Å². The van der Waals surface area contributed by atoms with Crippen molar-refractivity contribution >= 4 is 26.8 Å². The van der Waals surface area contributed by atoms with Crippen molar-refractivity contribution < 1.29 is 0 Å². The van der Waals surface area contributed by atoms with Gasteiger partial charge in [0.1, 0.15) is 0 Å². The monoisotopic (exact) mass is 278 g/mol. The molecule has 1 aromatic heterocycles. The van der Waals surface area contributed by atoms with Crippen molar-refractivity contribution in [2.75, 3.05) is 6.54 Å². The number of hydrogen-bond donors (Lipinski definition) is 1. The Morgan fingerprint density at radius 3 is 2.94 bits per heavy atom. The molecule has 0 amide bonds. The Hall–Kier alpha value is -0.800. The van der Waals surface area contributed by atoms with E-state index in [-0.39, 0.29) is 0 Å². The van der Waals surface area contributed by atoms with Gasteiger partial charge in [-0.05, 0) is 47.0 Å². The summed E-state index contributed by atoms with van der Waals surface area (Å²) < 4.78 is 3.71. The highest BCUT2D eigenvalue weighted by molar-refractivity contribution is 9.10. The molecule has 84 valence electrons. The topological polar surface area (TPSA) is 17.0 Å². The van der Waals surface area contributed by atoms with Crippen molar-refractivity contribution in [1.82, 2.24) is 9.88 Å². The Labute approximate surface area is 104 Å². The van der Waals surface area contributed by atoms with Crippen LogP contribution in [-0.2, 0) is 13.1 Å². The third-order valence-electron chi connectivity index (χ3n) is 3.35. The Morgan fingerprint density at radius 1 is 1.31 bits per heavy atom. The fraction of sp³-hybridized carbons (Fsp3) is 0.385. The Kier molecular flexibility index (Phi) is 2.33. The zero-order valence-electron chi connectivity index (χ0n) is 9.60. The maximum absolute atomic E-state index is 3.75. The predicted molar refractivity (Wildman–Crippen MR) is 70.8 cm³/mol. The van der Waals surface area contributed by atoms with E-state index in [0.717, 1.165) is 19.6 Å². The largest absolute Gasteiger partial charge is 0.341 e. The van der Waals surface area contributed by atoms with E-state index in [4.69, 9.17) is 0 Å². The zero-order valence-corrected chi connectivity index (χ0v) is 11.2. The molecule has 2 nitrogen and oxygen atoms in total. The third kappa shape index (κ3) is 1.35. The lowest BCUT2D eigenvalue weighted by Crippen LogP contribution is -2.27. The molecule has 2 aromatic rings. The number of nitrogens with zero attached hydrogens (tertiary/aromatic N) is 1. The predicted octanol–water partition coefficient (Wildman–Crippen LogP) is 3.12. The lowest BCUT2D eigenvalue weighted by atomic mass is 10.1. The molecule has 0 unspecified atom stereocenters. The van der Waals surface area contributed by atoms with Crippen LogP contribution in [0.3, 0.4) is 0 Å². The van der Waals surface area contributed by atoms with Gasteiger partial charge in [-0.1, -0.05) is 6.07 Å². The van der Waals surface area contributed by atoms with Crippen LogP contribution in [0.2, 0.25) is 0 Å². The molecule has 0 saturated heterocycles. The number of aromatic nitrogens is 1. The second-order valence-electron chi connectivity index (χ2n) is 4.57. The van der Waals surface area contributed by atoms with Gasteiger partial charge in [-0.2, -0.15) is 0 Å². The number of hydrogen-bond acceptors (Lipinski definition) is 1. The average Bonchev–Trinajstić information content (AvgIpc) is 2.54. The molecule has 1 N–H and O–H groups in total. The first-order valence-electron chi connectivity index (χ1n) is 5.67. The molecule has 1 aromatic carbocycles. The van der Waals surface area contributed by atoms with Crippen LogP contribution >= 0.6 is 15.9 Å². The van der Waals surface area contributed by atoms with Gasteiger partial charge in [0.25, 0.3) is 0 Å². The van der Waals surface area contributed by atoms with Gasteiger partial charge in [-0.25, -0.2) is 0 Å². The smallest absolute Gasteiger partial charge is 0.0500 e. The Bertz CT molecular complexity index is 569. The molecule has 0 atom stereocenters. The van der Waals surface area contributed by atoms with Crippen molar-refractivity contribution in [2.24, 2.45) is 0 Å². The molecule has 0 spiro atoms. The van der Waals surface area contributed by atoms with Crippen LogP contribution in [0.15, 0.2) is 16.6 Å². The maximum Gasteiger partial charge on any atom is 0.0500 e. The highest BCUT2D eigenvalue weighted by atomic mass is 79.9. The van der Waals surface area contributed by atoms with Crippen LogP contribution in [0.1, 0.15) is 16.8 Å². The zero-order chi connectivity index (χ0) is 11.3. The number of nitrogens with one attached hydrogen (secondary N) is 1. The Balaban J connectivity index is 2.44. The molecule has 3 heteroatoms. The summed E-state index contributed by atoms with van der Waals surface area (Å²) in [6, 6.07) is 4.55. The average molecular weight is 279 g/mol. The van der Waals surface area contributed by atoms with Gasteiger partial charge >= 0.3 is 0 Å². The van der Waals surface area contributed by atoms with E-state index in [9.17, 15) is 0 Å². The third-order valence-corrected chi connectivity index (χ3v) is 4.21. The number of rotatable bonds is 0. The van der Waals surface area contributed by atoms with Crippen molar-refractivity contribution in [3.05, 3.63) is 33.4 Å². The molecule has 16 heavy (non-hydrogen) atoms. The second-order valence-corrected chi connectivity index (χ2v) is 5.36. The van der Waals surface area contributed by atoms with Crippen molar-refractivity contribution in [1.29, 1.82) is 0 Å². The van der Waals surface area contributed by atoms with Crippen molar-refractivity contribution in [2.45, 2.75) is 26.9 Å². The number of fused-ring (bicyclic) bond motifs is 3. The Morgan fingerprint density at radius 2 is 2.12 bits per heavy atom. The van der Waals surface area contributed by atoms with Gasteiger partial charge in [-0.3, -0.25) is 0 Å². The van der Waals surface area contributed by atoms with Gasteiger partial charge < -0.3 is 9.88 Å². The van der Waals surface area contributed by atoms with E-state index in [1.54, 1.807) is 0 Å². The molecule has 0 bridgehead atoms. The van der Waals surface area contributed by atoms with Crippen LogP contribution in [0.25, 0.3) is 10.9 Å². The molecular formula is C13H15BrN2. The van der Waals surface area contributed by atoms with Crippen molar-refractivity contribution in [3.63, 3.8) is 0 Å². The lowest BCUT2D eigenvalue weighted by molar-refractivity contribution is 0.525. The standard InChI is InChI=1S/C13H15BrN2/c1-8-5-9(2)12-10(6-8)16-4-3-15-7-11(16)13(12)14/h5-6,15H,3-4,7H2,1-2H3. The fourth-order valence-corrected chi connectivity index (χ4v) is 3.55. The normalized spacial score (nSPS) is 15.4. The summed E-state index contributed by atoms with van der Waals surface area (Å²) in [4.78, 5) is 0. The summed E-state index contributed by atoms with van der Waals surface area (Å²) in [5, 5.41) is 4.80. The minimum atomic E-state index is 0.966. The minimum absolute atomic E-state index is 0.966. The number of benzene rings is 1. The minimum Gasteiger partial charge on any atom is -0.341 e. The number of halogens is 1. The summed E-state index contributed by atoms with van der Waals surface area (Å²) >= 11 is 3.75. The molecule has 0 aliphatic carbocycles. The fourth-order valence-electron chi connectivity index (χ4n) is 2.68. The quantitative estimate of drug-likeness (QED) is 0.784. The SMILES string of the molecule is Cc1cc(C)c2c(Br)c3n(c2c1)CCNC3. The van der Waals surface area contributed by atoms with Gasteiger partial charge in [-0.15, -0.1) is 0 Å². The van der Waals surface area contributed by atoms with Crippen LogP contribution < -0.4 is 5.32 Å². The van der Waals surface area contributed by atoms with Crippen LogP contribution in [0.4, 0.5) is 0 Å². The van der Waals surface area contributed by atoms with Gasteiger partial charge in [0, 0.05) is 35.2 Å². The van der Waals surface area contributed by atoms with E-state index in [2.05, 4.69) is 51.8 Å².